The molecule has 1 amide bonds. The standard InChI is InChI=1S/C23H20FN7O/c1-15-22(23(32)27-18-7-5-17(24)6-8-18)28-29-31(15)20-4-2-3-16-14-30(12-9-19(16)20)21-13-25-10-11-26-21/h2-8,10-11,13H,9,12,14H2,1H3,(H,27,32). The van der Waals surface area contributed by atoms with Crippen LogP contribution in [0.15, 0.2) is 61.1 Å². The lowest BCUT2D eigenvalue weighted by atomic mass is 9.97. The fraction of sp³-hybridized carbons (Fsp3) is 0.174. The maximum absolute atomic E-state index is 13.1. The molecule has 160 valence electrons. The third-order valence-corrected chi connectivity index (χ3v) is 5.55. The molecule has 5 rings (SSSR count). The predicted octanol–water partition coefficient (Wildman–Crippen LogP) is 3.32. The Morgan fingerprint density at radius 3 is 2.75 bits per heavy atom. The van der Waals surface area contributed by atoms with Crippen LogP contribution in [0.5, 0.6) is 0 Å². The van der Waals surface area contributed by atoms with Crippen molar-refractivity contribution in [3.8, 4) is 5.69 Å². The number of aromatic nitrogens is 5. The summed E-state index contributed by atoms with van der Waals surface area (Å²) >= 11 is 0. The molecule has 0 spiro atoms. The maximum Gasteiger partial charge on any atom is 0.278 e. The second-order valence-corrected chi connectivity index (χ2v) is 7.55. The Hall–Kier alpha value is -4.14. The second-order valence-electron chi connectivity index (χ2n) is 7.55. The van der Waals surface area contributed by atoms with E-state index >= 15 is 0 Å². The first-order chi connectivity index (χ1) is 15.6. The van der Waals surface area contributed by atoms with Gasteiger partial charge >= 0.3 is 0 Å². The average Bonchev–Trinajstić information content (AvgIpc) is 3.21. The van der Waals surface area contributed by atoms with Gasteiger partial charge in [-0.2, -0.15) is 0 Å². The van der Waals surface area contributed by atoms with Crippen molar-refractivity contribution in [1.29, 1.82) is 0 Å². The van der Waals surface area contributed by atoms with Gasteiger partial charge in [-0.3, -0.25) is 9.78 Å². The van der Waals surface area contributed by atoms with Gasteiger partial charge in [0.2, 0.25) is 0 Å². The number of fused-ring (bicyclic) bond motifs is 1. The molecule has 1 N–H and O–H groups in total. The summed E-state index contributed by atoms with van der Waals surface area (Å²) < 4.78 is 14.8. The number of rotatable bonds is 4. The zero-order valence-electron chi connectivity index (χ0n) is 17.4. The quantitative estimate of drug-likeness (QED) is 0.535. The van der Waals surface area contributed by atoms with Gasteiger partial charge in [-0.15, -0.1) is 5.10 Å². The second kappa shape index (κ2) is 8.18. The van der Waals surface area contributed by atoms with Crippen molar-refractivity contribution >= 4 is 17.4 Å². The Morgan fingerprint density at radius 1 is 1.12 bits per heavy atom. The molecule has 0 atom stereocenters. The van der Waals surface area contributed by atoms with Crippen LogP contribution in [0.2, 0.25) is 0 Å². The van der Waals surface area contributed by atoms with E-state index in [4.69, 9.17) is 0 Å². The SMILES string of the molecule is Cc1c(C(=O)Nc2ccc(F)cc2)nnn1-c1cccc2c1CCN(c1cnccn1)C2. The van der Waals surface area contributed by atoms with Crippen LogP contribution in [-0.2, 0) is 13.0 Å². The predicted molar refractivity (Wildman–Crippen MR) is 117 cm³/mol. The number of carbonyl (C=O) groups excluding carboxylic acids is 1. The van der Waals surface area contributed by atoms with Gasteiger partial charge < -0.3 is 10.2 Å². The van der Waals surface area contributed by atoms with Gasteiger partial charge in [0.1, 0.15) is 11.6 Å². The number of hydrogen-bond acceptors (Lipinski definition) is 6. The minimum Gasteiger partial charge on any atom is -0.351 e. The first-order valence-electron chi connectivity index (χ1n) is 10.2. The van der Waals surface area contributed by atoms with E-state index in [9.17, 15) is 9.18 Å². The van der Waals surface area contributed by atoms with E-state index in [-0.39, 0.29) is 17.4 Å². The number of amides is 1. The van der Waals surface area contributed by atoms with Crippen LogP contribution in [0.4, 0.5) is 15.9 Å². The lowest BCUT2D eigenvalue weighted by Gasteiger charge is -2.30. The molecule has 32 heavy (non-hydrogen) atoms. The summed E-state index contributed by atoms with van der Waals surface area (Å²) in [7, 11) is 0. The van der Waals surface area contributed by atoms with Crippen molar-refractivity contribution in [2.45, 2.75) is 19.9 Å². The fourth-order valence-corrected chi connectivity index (χ4v) is 3.93. The smallest absolute Gasteiger partial charge is 0.278 e. The number of anilines is 2. The van der Waals surface area contributed by atoms with Crippen molar-refractivity contribution < 1.29 is 9.18 Å². The third kappa shape index (κ3) is 3.68. The van der Waals surface area contributed by atoms with E-state index in [1.807, 2.05) is 19.1 Å². The normalized spacial score (nSPS) is 13.0. The summed E-state index contributed by atoms with van der Waals surface area (Å²) in [5.74, 6) is 0.0936. The number of carbonyl (C=O) groups is 1. The Balaban J connectivity index is 1.41. The minimum atomic E-state index is -0.390. The molecule has 0 bridgehead atoms. The summed E-state index contributed by atoms with van der Waals surface area (Å²) in [4.78, 5) is 23.5. The number of nitrogens with one attached hydrogen (secondary N) is 1. The number of hydrogen-bond donors (Lipinski definition) is 1. The van der Waals surface area contributed by atoms with Gasteiger partial charge in [-0.05, 0) is 54.8 Å². The fourth-order valence-electron chi connectivity index (χ4n) is 3.93. The molecule has 8 nitrogen and oxygen atoms in total. The van der Waals surface area contributed by atoms with E-state index in [1.165, 1.54) is 35.4 Å². The molecule has 4 aromatic rings. The molecule has 0 radical (unpaired) electrons. The van der Waals surface area contributed by atoms with Crippen LogP contribution in [0.3, 0.4) is 0 Å². The molecule has 0 saturated carbocycles. The zero-order chi connectivity index (χ0) is 22.1. The van der Waals surface area contributed by atoms with E-state index in [2.05, 4.69) is 36.6 Å². The van der Waals surface area contributed by atoms with Crippen LogP contribution in [0.25, 0.3) is 5.69 Å². The van der Waals surface area contributed by atoms with E-state index < -0.39 is 0 Å². The molecule has 0 fully saturated rings. The largest absolute Gasteiger partial charge is 0.351 e. The van der Waals surface area contributed by atoms with Crippen molar-refractivity contribution in [1.82, 2.24) is 25.0 Å². The van der Waals surface area contributed by atoms with Gasteiger partial charge in [0.15, 0.2) is 5.69 Å². The Morgan fingerprint density at radius 2 is 1.97 bits per heavy atom. The van der Waals surface area contributed by atoms with Crippen LogP contribution in [0, 0.1) is 12.7 Å². The summed E-state index contributed by atoms with van der Waals surface area (Å²) in [6, 6.07) is 11.6. The number of halogens is 1. The molecule has 1 aliphatic rings. The van der Waals surface area contributed by atoms with Gasteiger partial charge in [-0.25, -0.2) is 14.1 Å². The molecular formula is C23H20FN7O. The lowest BCUT2D eigenvalue weighted by Crippen LogP contribution is -2.31. The molecule has 3 heterocycles. The molecule has 9 heteroatoms. The van der Waals surface area contributed by atoms with Crippen LogP contribution in [-0.4, -0.2) is 37.4 Å². The van der Waals surface area contributed by atoms with Gasteiger partial charge in [0.25, 0.3) is 5.91 Å². The number of nitrogens with zero attached hydrogens (tertiary/aromatic N) is 6. The highest BCUT2D eigenvalue weighted by Crippen LogP contribution is 2.28. The summed E-state index contributed by atoms with van der Waals surface area (Å²) in [5.41, 5.74) is 4.61. The Labute approximate surface area is 183 Å². The maximum atomic E-state index is 13.1. The zero-order valence-corrected chi connectivity index (χ0v) is 17.4. The monoisotopic (exact) mass is 429 g/mol. The molecule has 2 aromatic heterocycles. The van der Waals surface area contributed by atoms with Crippen LogP contribution >= 0.6 is 0 Å². The minimum absolute atomic E-state index is 0.226. The summed E-state index contributed by atoms with van der Waals surface area (Å²) in [6.45, 7) is 3.33. The molecule has 0 unspecified atom stereocenters. The van der Waals surface area contributed by atoms with E-state index in [0.29, 0.717) is 17.9 Å². The highest BCUT2D eigenvalue weighted by Gasteiger charge is 2.23. The van der Waals surface area contributed by atoms with Crippen LogP contribution < -0.4 is 10.2 Å². The van der Waals surface area contributed by atoms with Gasteiger partial charge in [0, 0.05) is 31.2 Å². The third-order valence-electron chi connectivity index (χ3n) is 5.55. The van der Waals surface area contributed by atoms with E-state index in [1.54, 1.807) is 23.3 Å². The Bertz CT molecular complexity index is 1270. The highest BCUT2D eigenvalue weighted by molar-refractivity contribution is 6.03. The molecule has 0 saturated heterocycles. The molecule has 1 aliphatic heterocycles. The van der Waals surface area contributed by atoms with Gasteiger partial charge in [0.05, 0.1) is 17.6 Å². The molecular weight excluding hydrogens is 409 g/mol. The van der Waals surface area contributed by atoms with Crippen molar-refractivity contribution in [3.05, 3.63) is 89.4 Å². The number of benzene rings is 2. The van der Waals surface area contributed by atoms with Crippen molar-refractivity contribution in [3.63, 3.8) is 0 Å². The van der Waals surface area contributed by atoms with Gasteiger partial charge in [-0.1, -0.05) is 17.3 Å². The lowest BCUT2D eigenvalue weighted by molar-refractivity contribution is 0.102. The Kier molecular flexibility index (Phi) is 5.06. The van der Waals surface area contributed by atoms with Crippen molar-refractivity contribution in [2.24, 2.45) is 0 Å². The van der Waals surface area contributed by atoms with Crippen LogP contribution in [0.1, 0.15) is 27.3 Å². The first-order valence-corrected chi connectivity index (χ1v) is 10.2. The highest BCUT2D eigenvalue weighted by atomic mass is 19.1. The summed E-state index contributed by atoms with van der Waals surface area (Å²) in [5, 5.41) is 11.1. The summed E-state index contributed by atoms with van der Waals surface area (Å²) in [6.07, 6.45) is 5.93. The molecule has 2 aromatic carbocycles. The topological polar surface area (TPSA) is 88.8 Å². The molecule has 0 aliphatic carbocycles. The first kappa shape index (κ1) is 19.8. The van der Waals surface area contributed by atoms with E-state index in [0.717, 1.165) is 24.5 Å². The van der Waals surface area contributed by atoms with Crippen molar-refractivity contribution in [2.75, 3.05) is 16.8 Å². The average molecular weight is 429 g/mol.